The number of carbonyl (C=O) groups is 1. The fraction of sp³-hybridized carbons (Fsp3) is 0.720. The van der Waals surface area contributed by atoms with Crippen molar-refractivity contribution in [2.45, 2.75) is 110 Å². The van der Waals surface area contributed by atoms with E-state index in [4.69, 9.17) is 4.18 Å². The number of carbonyl (C=O) groups excluding carboxylic acids is 1. The van der Waals surface area contributed by atoms with Gasteiger partial charge in [0, 0.05) is 6.92 Å². The van der Waals surface area contributed by atoms with Gasteiger partial charge in [0.2, 0.25) is 0 Å². The zero-order valence-electron chi connectivity index (χ0n) is 20.0. The van der Waals surface area contributed by atoms with E-state index in [1.54, 1.807) is 0 Å². The monoisotopic (exact) mass is 422 g/mol. The number of rotatable bonds is 9. The van der Waals surface area contributed by atoms with E-state index in [1.807, 2.05) is 0 Å². The molecule has 2 atom stereocenters. The lowest BCUT2D eigenvalue weighted by Gasteiger charge is -2.30. The lowest BCUT2D eigenvalue weighted by atomic mass is 9.77. The summed E-state index contributed by atoms with van der Waals surface area (Å²) in [5, 5.41) is 11.1. The van der Waals surface area contributed by atoms with Gasteiger partial charge in [-0.15, -0.1) is 0 Å². The normalized spacial score (nSPS) is 14.5. The molecule has 29 heavy (non-hydrogen) atoms. The molecule has 1 N–H and O–H groups in total. The Morgan fingerprint density at radius 1 is 1.07 bits per heavy atom. The molecule has 0 radical (unpaired) electrons. The van der Waals surface area contributed by atoms with Crippen molar-refractivity contribution in [3.05, 3.63) is 28.8 Å². The molecule has 4 heteroatoms. The summed E-state index contributed by atoms with van der Waals surface area (Å²) in [7, 11) is 0. The van der Waals surface area contributed by atoms with Crippen molar-refractivity contribution >= 4 is 18.0 Å². The average Bonchev–Trinajstić information content (AvgIpc) is 2.59. The van der Waals surface area contributed by atoms with Crippen LogP contribution in [0.1, 0.15) is 116 Å². The van der Waals surface area contributed by atoms with E-state index in [0.717, 1.165) is 29.5 Å². The van der Waals surface area contributed by atoms with E-state index >= 15 is 0 Å². The van der Waals surface area contributed by atoms with Crippen LogP contribution in [0.3, 0.4) is 0 Å². The number of benzene rings is 1. The number of phenols is 1. The maximum absolute atomic E-state index is 11.5. The van der Waals surface area contributed by atoms with Crippen molar-refractivity contribution < 1.29 is 14.1 Å². The number of unbranched alkanes of at least 4 members (excludes halogenated alkanes) is 1. The maximum atomic E-state index is 11.5. The number of hydrogen-bond acceptors (Lipinski definition) is 4. The van der Waals surface area contributed by atoms with Crippen LogP contribution >= 0.6 is 12.0 Å². The van der Waals surface area contributed by atoms with E-state index in [0.29, 0.717) is 11.7 Å². The molecule has 0 heterocycles. The Morgan fingerprint density at radius 3 is 1.97 bits per heavy atom. The summed E-state index contributed by atoms with van der Waals surface area (Å²) >= 11 is 1.27. The summed E-state index contributed by atoms with van der Waals surface area (Å²) < 4.78 is 5.40. The number of phenolic OH excluding ortho intramolecular Hbond substituents is 1. The Hall–Kier alpha value is -1.16. The van der Waals surface area contributed by atoms with Crippen LogP contribution in [0.15, 0.2) is 12.1 Å². The summed E-state index contributed by atoms with van der Waals surface area (Å²) in [6, 6.07) is 4.25. The van der Waals surface area contributed by atoms with E-state index in [9.17, 15) is 9.90 Å². The first-order valence-corrected chi connectivity index (χ1v) is 11.8. The Labute approximate surface area is 183 Å². The average molecular weight is 423 g/mol. The van der Waals surface area contributed by atoms with Crippen molar-refractivity contribution in [3.63, 3.8) is 0 Å². The molecule has 0 spiro atoms. The molecule has 0 amide bonds. The van der Waals surface area contributed by atoms with Gasteiger partial charge < -0.3 is 9.29 Å². The highest BCUT2D eigenvalue weighted by Crippen LogP contribution is 2.45. The third-order valence-corrected chi connectivity index (χ3v) is 6.52. The van der Waals surface area contributed by atoms with Gasteiger partial charge in [0.05, 0.1) is 17.3 Å². The second kappa shape index (κ2) is 10.7. The molecule has 0 bridgehead atoms. The van der Waals surface area contributed by atoms with Crippen molar-refractivity contribution in [2.24, 2.45) is 5.92 Å². The topological polar surface area (TPSA) is 46.5 Å². The van der Waals surface area contributed by atoms with Gasteiger partial charge >= 0.3 is 5.97 Å². The number of hydrogen-bond donors (Lipinski definition) is 1. The minimum atomic E-state index is -0.271. The smallest absolute Gasteiger partial charge is 0.314 e. The highest BCUT2D eigenvalue weighted by molar-refractivity contribution is 7.95. The summed E-state index contributed by atoms with van der Waals surface area (Å²) in [5.74, 6) is 0.712. The first-order chi connectivity index (χ1) is 13.3. The lowest BCUT2D eigenvalue weighted by molar-refractivity contribution is -0.130. The molecular formula is C25H42O3S. The summed E-state index contributed by atoms with van der Waals surface area (Å²) in [6.45, 7) is 18.7. The van der Waals surface area contributed by atoms with Crippen LogP contribution in [-0.2, 0) is 19.8 Å². The second-order valence-corrected chi connectivity index (χ2v) is 11.2. The third kappa shape index (κ3) is 7.88. The van der Waals surface area contributed by atoms with Crippen molar-refractivity contribution in [1.82, 2.24) is 0 Å². The van der Waals surface area contributed by atoms with Crippen LogP contribution in [-0.4, -0.2) is 11.1 Å². The third-order valence-electron chi connectivity index (χ3n) is 5.49. The van der Waals surface area contributed by atoms with Crippen LogP contribution in [0.4, 0.5) is 0 Å². The van der Waals surface area contributed by atoms with Gasteiger partial charge in [0.15, 0.2) is 0 Å². The summed E-state index contributed by atoms with van der Waals surface area (Å²) in [6.07, 6.45) is 5.69. The van der Waals surface area contributed by atoms with Gasteiger partial charge in [-0.2, -0.15) is 0 Å². The van der Waals surface area contributed by atoms with Gasteiger partial charge in [0.25, 0.3) is 0 Å². The van der Waals surface area contributed by atoms with E-state index in [1.165, 1.54) is 38.2 Å². The molecule has 0 saturated carbocycles. The van der Waals surface area contributed by atoms with Gasteiger partial charge in [-0.05, 0) is 39.9 Å². The van der Waals surface area contributed by atoms with Gasteiger partial charge in [0.1, 0.15) is 5.75 Å². The fourth-order valence-electron chi connectivity index (χ4n) is 3.63. The zero-order valence-corrected chi connectivity index (χ0v) is 20.8. The first-order valence-electron chi connectivity index (χ1n) is 11.0. The fourth-order valence-corrected chi connectivity index (χ4v) is 4.48. The molecule has 0 aromatic heterocycles. The standard InChI is InChI=1S/C25H42O3S/c1-10-12-13-18(11-2)14-22(29-28-17(3)26)19-15-20(24(4,5)6)23(27)21(16-19)25(7,8)9/h15-16,18,22,27H,10-14H2,1-9H3. The molecule has 0 aliphatic rings. The molecule has 1 aromatic carbocycles. The molecule has 166 valence electrons. The molecule has 0 fully saturated rings. The molecule has 0 aliphatic carbocycles. The molecule has 0 aliphatic heterocycles. The van der Waals surface area contributed by atoms with Crippen molar-refractivity contribution in [3.8, 4) is 5.75 Å². The van der Waals surface area contributed by atoms with Crippen LogP contribution in [0, 0.1) is 5.92 Å². The highest BCUT2D eigenvalue weighted by Gasteiger charge is 2.29. The molecular weight excluding hydrogens is 380 g/mol. The molecule has 3 nitrogen and oxygen atoms in total. The highest BCUT2D eigenvalue weighted by atomic mass is 32.2. The maximum Gasteiger partial charge on any atom is 0.314 e. The van der Waals surface area contributed by atoms with Gasteiger partial charge in [-0.1, -0.05) is 93.2 Å². The Bertz CT molecular complexity index is 633. The zero-order chi connectivity index (χ0) is 22.4. The lowest BCUT2D eigenvalue weighted by Crippen LogP contribution is -2.19. The van der Waals surface area contributed by atoms with Crippen LogP contribution in [0.5, 0.6) is 5.75 Å². The van der Waals surface area contributed by atoms with E-state index in [2.05, 4.69) is 67.5 Å². The first kappa shape index (κ1) is 25.9. The predicted octanol–water partition coefficient (Wildman–Crippen LogP) is 7.85. The molecule has 2 unspecified atom stereocenters. The van der Waals surface area contributed by atoms with E-state index in [-0.39, 0.29) is 22.0 Å². The van der Waals surface area contributed by atoms with Crippen molar-refractivity contribution in [1.29, 1.82) is 0 Å². The minimum Gasteiger partial charge on any atom is -0.507 e. The van der Waals surface area contributed by atoms with Gasteiger partial charge in [-0.3, -0.25) is 4.79 Å². The number of aromatic hydroxyl groups is 1. The largest absolute Gasteiger partial charge is 0.507 e. The SMILES string of the molecule is CCCCC(CC)CC(SOC(C)=O)c1cc(C(C)(C)C)c(O)c(C(C)(C)C)c1. The summed E-state index contributed by atoms with van der Waals surface area (Å²) in [5.41, 5.74) is 2.69. The van der Waals surface area contributed by atoms with Crippen molar-refractivity contribution in [2.75, 3.05) is 0 Å². The van der Waals surface area contributed by atoms with Crippen LogP contribution in [0.25, 0.3) is 0 Å². The second-order valence-electron chi connectivity index (χ2n) is 10.3. The Balaban J connectivity index is 3.46. The summed E-state index contributed by atoms with van der Waals surface area (Å²) in [4.78, 5) is 11.5. The van der Waals surface area contributed by atoms with E-state index < -0.39 is 0 Å². The van der Waals surface area contributed by atoms with Crippen LogP contribution < -0.4 is 0 Å². The predicted molar refractivity (Wildman–Crippen MR) is 126 cm³/mol. The molecule has 1 aromatic rings. The Kier molecular flexibility index (Phi) is 9.59. The van der Waals surface area contributed by atoms with Crippen LogP contribution in [0.2, 0.25) is 0 Å². The molecule has 1 rings (SSSR count). The van der Waals surface area contributed by atoms with Gasteiger partial charge in [-0.25, -0.2) is 0 Å². The molecule has 0 saturated heterocycles. The minimum absolute atomic E-state index is 0.0588. The Morgan fingerprint density at radius 2 is 1.59 bits per heavy atom. The quantitative estimate of drug-likeness (QED) is 0.412.